The van der Waals surface area contributed by atoms with Gasteiger partial charge in [0.2, 0.25) is 5.91 Å². The van der Waals surface area contributed by atoms with Gasteiger partial charge in [0.1, 0.15) is 11.5 Å². The van der Waals surface area contributed by atoms with Crippen LogP contribution in [0, 0.1) is 5.92 Å². The minimum atomic E-state index is -0.349. The van der Waals surface area contributed by atoms with E-state index in [2.05, 4.69) is 15.2 Å². The van der Waals surface area contributed by atoms with E-state index in [1.54, 1.807) is 13.3 Å². The van der Waals surface area contributed by atoms with Gasteiger partial charge in [-0.1, -0.05) is 42.5 Å². The Balaban J connectivity index is 1.30. The van der Waals surface area contributed by atoms with Gasteiger partial charge in [0.05, 0.1) is 25.5 Å². The zero-order chi connectivity index (χ0) is 23.6. The second-order valence-electron chi connectivity index (χ2n) is 8.57. The van der Waals surface area contributed by atoms with Gasteiger partial charge in [-0.3, -0.25) is 9.78 Å². The van der Waals surface area contributed by atoms with Crippen molar-refractivity contribution < 1.29 is 14.3 Å². The summed E-state index contributed by atoms with van der Waals surface area (Å²) in [4.78, 5) is 20.2. The fourth-order valence-corrected chi connectivity index (χ4v) is 4.44. The van der Waals surface area contributed by atoms with E-state index in [9.17, 15) is 4.79 Å². The van der Waals surface area contributed by atoms with Gasteiger partial charge in [0.15, 0.2) is 0 Å². The molecule has 1 N–H and O–H groups in total. The number of rotatable bonds is 10. The number of hydrogen-bond donors (Lipinski definition) is 1. The highest BCUT2D eigenvalue weighted by molar-refractivity contribution is 5.79. The monoisotopic (exact) mass is 459 g/mol. The summed E-state index contributed by atoms with van der Waals surface area (Å²) in [6.07, 6.45) is 4.43. The molecule has 0 radical (unpaired) electrons. The molecule has 2 aromatic carbocycles. The smallest absolute Gasteiger partial charge is 0.224 e. The topological polar surface area (TPSA) is 63.7 Å². The molecule has 1 unspecified atom stereocenters. The van der Waals surface area contributed by atoms with Gasteiger partial charge >= 0.3 is 0 Å². The predicted molar refractivity (Wildman–Crippen MR) is 133 cm³/mol. The lowest BCUT2D eigenvalue weighted by Gasteiger charge is -2.32. The molecule has 1 aliphatic heterocycles. The molecule has 0 spiro atoms. The maximum absolute atomic E-state index is 13.3. The third-order valence-corrected chi connectivity index (χ3v) is 6.31. The lowest BCUT2D eigenvalue weighted by Crippen LogP contribution is -2.42. The zero-order valence-corrected chi connectivity index (χ0v) is 19.7. The van der Waals surface area contributed by atoms with E-state index in [0.717, 1.165) is 61.7 Å². The first-order chi connectivity index (χ1) is 16.7. The largest absolute Gasteiger partial charge is 0.496 e. The lowest BCUT2D eigenvalue weighted by atomic mass is 9.94. The number of likely N-dealkylation sites (tertiary alicyclic amines) is 1. The number of pyridine rings is 1. The van der Waals surface area contributed by atoms with Crippen LogP contribution >= 0.6 is 0 Å². The van der Waals surface area contributed by atoms with Crippen molar-refractivity contribution in [3.8, 4) is 11.5 Å². The highest BCUT2D eigenvalue weighted by atomic mass is 16.5. The Bertz CT molecular complexity index is 1020. The molecule has 1 fully saturated rings. The predicted octanol–water partition coefficient (Wildman–Crippen LogP) is 4.48. The number of benzene rings is 2. The number of carbonyl (C=O) groups excluding carboxylic acids is 1. The van der Waals surface area contributed by atoms with Crippen molar-refractivity contribution in [3.63, 3.8) is 0 Å². The van der Waals surface area contributed by atoms with Crippen LogP contribution in [0.3, 0.4) is 0 Å². The van der Waals surface area contributed by atoms with Crippen LogP contribution in [0.15, 0.2) is 79.0 Å². The first-order valence-corrected chi connectivity index (χ1v) is 12.0. The number of nitrogens with zero attached hydrogens (tertiary/aromatic N) is 2. The van der Waals surface area contributed by atoms with E-state index < -0.39 is 0 Å². The number of aromatic nitrogens is 1. The van der Waals surface area contributed by atoms with Crippen LogP contribution in [0.5, 0.6) is 11.5 Å². The highest BCUT2D eigenvalue weighted by Crippen LogP contribution is 2.30. The van der Waals surface area contributed by atoms with Gasteiger partial charge < -0.3 is 19.7 Å². The quantitative estimate of drug-likeness (QED) is 0.453. The SMILES string of the molecule is COc1ccccc1C(NC(=O)C1CCN(CCCOc2ccccc2)CC1)c1ccccn1. The second-order valence-corrected chi connectivity index (χ2v) is 8.57. The van der Waals surface area contributed by atoms with Crippen molar-refractivity contribution in [2.45, 2.75) is 25.3 Å². The summed E-state index contributed by atoms with van der Waals surface area (Å²) in [6, 6.07) is 23.1. The Hall–Kier alpha value is -3.38. The standard InChI is InChI=1S/C28H33N3O3/c1-33-26-14-6-5-12-24(26)27(25-13-7-8-17-29-25)30-28(32)22-15-19-31(20-16-22)18-9-21-34-23-10-3-2-4-11-23/h2-8,10-14,17,22,27H,9,15-16,18-21H2,1H3,(H,30,32). The maximum atomic E-state index is 13.3. The van der Waals surface area contributed by atoms with Gasteiger partial charge in [-0.25, -0.2) is 0 Å². The maximum Gasteiger partial charge on any atom is 0.224 e. The average Bonchev–Trinajstić information content (AvgIpc) is 2.91. The van der Waals surface area contributed by atoms with E-state index >= 15 is 0 Å². The number of nitrogens with one attached hydrogen (secondary N) is 1. The normalized spacial score (nSPS) is 15.4. The number of piperidine rings is 1. The molecular formula is C28H33N3O3. The van der Waals surface area contributed by atoms with E-state index in [1.807, 2.05) is 72.8 Å². The Morgan fingerprint density at radius 2 is 1.76 bits per heavy atom. The summed E-state index contributed by atoms with van der Waals surface area (Å²) in [5.41, 5.74) is 1.71. The minimum Gasteiger partial charge on any atom is -0.496 e. The molecule has 1 saturated heterocycles. The van der Waals surface area contributed by atoms with E-state index in [1.165, 1.54) is 0 Å². The molecule has 34 heavy (non-hydrogen) atoms. The van der Waals surface area contributed by atoms with Crippen molar-refractivity contribution in [3.05, 3.63) is 90.3 Å². The van der Waals surface area contributed by atoms with E-state index in [0.29, 0.717) is 6.61 Å². The van der Waals surface area contributed by atoms with Crippen molar-refractivity contribution in [2.24, 2.45) is 5.92 Å². The Kier molecular flexibility index (Phi) is 8.52. The summed E-state index contributed by atoms with van der Waals surface area (Å²) < 4.78 is 11.4. The first-order valence-electron chi connectivity index (χ1n) is 12.0. The van der Waals surface area contributed by atoms with Crippen LogP contribution in [-0.2, 0) is 4.79 Å². The molecule has 1 aliphatic rings. The molecule has 4 rings (SSSR count). The van der Waals surface area contributed by atoms with E-state index in [4.69, 9.17) is 9.47 Å². The Morgan fingerprint density at radius 1 is 1.03 bits per heavy atom. The first kappa shape index (κ1) is 23.8. The summed E-state index contributed by atoms with van der Waals surface area (Å²) in [5.74, 6) is 1.73. The van der Waals surface area contributed by atoms with Crippen molar-refractivity contribution >= 4 is 5.91 Å². The van der Waals surface area contributed by atoms with Crippen molar-refractivity contribution in [1.82, 2.24) is 15.2 Å². The summed E-state index contributed by atoms with van der Waals surface area (Å²) in [5, 5.41) is 3.26. The van der Waals surface area contributed by atoms with E-state index in [-0.39, 0.29) is 17.9 Å². The van der Waals surface area contributed by atoms with Gasteiger partial charge in [0.25, 0.3) is 0 Å². The number of amides is 1. The fraction of sp³-hybridized carbons (Fsp3) is 0.357. The Morgan fingerprint density at radius 3 is 2.50 bits per heavy atom. The number of ether oxygens (including phenoxy) is 2. The molecule has 1 aromatic heterocycles. The number of hydrogen-bond acceptors (Lipinski definition) is 5. The van der Waals surface area contributed by atoms with Crippen molar-refractivity contribution in [1.29, 1.82) is 0 Å². The number of carbonyl (C=O) groups is 1. The molecule has 1 amide bonds. The molecule has 1 atom stereocenters. The average molecular weight is 460 g/mol. The third kappa shape index (κ3) is 6.35. The van der Waals surface area contributed by atoms with Gasteiger partial charge in [0, 0.05) is 24.2 Å². The minimum absolute atomic E-state index is 0.00209. The summed E-state index contributed by atoms with van der Waals surface area (Å²) in [6.45, 7) is 3.53. The van der Waals surface area contributed by atoms with Crippen LogP contribution in [-0.4, -0.2) is 49.1 Å². The fourth-order valence-electron chi connectivity index (χ4n) is 4.44. The van der Waals surface area contributed by atoms with Crippen LogP contribution < -0.4 is 14.8 Å². The molecular weight excluding hydrogens is 426 g/mol. The van der Waals surface area contributed by atoms with Gasteiger partial charge in [-0.05, 0) is 62.7 Å². The molecule has 0 bridgehead atoms. The number of para-hydroxylation sites is 2. The Labute approximate surface area is 201 Å². The molecule has 0 aliphatic carbocycles. The summed E-state index contributed by atoms with van der Waals surface area (Å²) >= 11 is 0. The molecule has 6 nitrogen and oxygen atoms in total. The van der Waals surface area contributed by atoms with Crippen LogP contribution in [0.2, 0.25) is 0 Å². The van der Waals surface area contributed by atoms with Crippen LogP contribution in [0.4, 0.5) is 0 Å². The van der Waals surface area contributed by atoms with Crippen LogP contribution in [0.25, 0.3) is 0 Å². The van der Waals surface area contributed by atoms with Gasteiger partial charge in [-0.2, -0.15) is 0 Å². The van der Waals surface area contributed by atoms with Crippen molar-refractivity contribution in [2.75, 3.05) is 33.4 Å². The highest BCUT2D eigenvalue weighted by Gasteiger charge is 2.28. The molecule has 0 saturated carbocycles. The van der Waals surface area contributed by atoms with Crippen LogP contribution in [0.1, 0.15) is 36.6 Å². The second kappa shape index (κ2) is 12.2. The third-order valence-electron chi connectivity index (χ3n) is 6.31. The molecule has 2 heterocycles. The molecule has 3 aromatic rings. The summed E-state index contributed by atoms with van der Waals surface area (Å²) in [7, 11) is 1.65. The lowest BCUT2D eigenvalue weighted by molar-refractivity contribution is -0.127. The van der Waals surface area contributed by atoms with Gasteiger partial charge in [-0.15, -0.1) is 0 Å². The number of methoxy groups -OCH3 is 1. The zero-order valence-electron chi connectivity index (χ0n) is 19.7. The molecule has 6 heteroatoms. The molecule has 178 valence electrons.